The number of anilines is 2. The summed E-state index contributed by atoms with van der Waals surface area (Å²) in [4.78, 5) is 19.7. The molecule has 4 nitrogen and oxygen atoms in total. The number of nitrogens with zero attached hydrogens (tertiary/aromatic N) is 2. The molecule has 0 saturated heterocycles. The van der Waals surface area contributed by atoms with Gasteiger partial charge in [0, 0.05) is 31.1 Å². The SMILES string of the molecule is COCCCC(=O)N(c1nc(-c2ccc(C)cc2)cs1)c1cc(C)ccc1C. The second kappa shape index (κ2) is 9.13. The van der Waals surface area contributed by atoms with Crippen molar-refractivity contribution in [3.63, 3.8) is 0 Å². The van der Waals surface area contributed by atoms with Crippen LogP contribution in [0.5, 0.6) is 0 Å². The van der Waals surface area contributed by atoms with Gasteiger partial charge >= 0.3 is 0 Å². The van der Waals surface area contributed by atoms with Gasteiger partial charge in [-0.2, -0.15) is 0 Å². The minimum absolute atomic E-state index is 0.0376. The summed E-state index contributed by atoms with van der Waals surface area (Å²) in [5.74, 6) is 0.0376. The molecule has 28 heavy (non-hydrogen) atoms. The summed E-state index contributed by atoms with van der Waals surface area (Å²) in [6, 6.07) is 14.4. The van der Waals surface area contributed by atoms with E-state index in [4.69, 9.17) is 9.72 Å². The van der Waals surface area contributed by atoms with E-state index >= 15 is 0 Å². The van der Waals surface area contributed by atoms with Crippen molar-refractivity contribution in [1.82, 2.24) is 4.98 Å². The van der Waals surface area contributed by atoms with Crippen molar-refractivity contribution in [2.45, 2.75) is 33.6 Å². The maximum atomic E-state index is 13.1. The Labute approximate surface area is 170 Å². The van der Waals surface area contributed by atoms with E-state index < -0.39 is 0 Å². The molecule has 3 aromatic rings. The smallest absolute Gasteiger partial charge is 0.233 e. The van der Waals surface area contributed by atoms with Gasteiger partial charge in [0.05, 0.1) is 11.4 Å². The first-order valence-electron chi connectivity index (χ1n) is 9.41. The minimum atomic E-state index is 0.0376. The van der Waals surface area contributed by atoms with Crippen LogP contribution in [0, 0.1) is 20.8 Å². The highest BCUT2D eigenvalue weighted by molar-refractivity contribution is 7.14. The Morgan fingerprint density at radius 3 is 2.50 bits per heavy atom. The van der Waals surface area contributed by atoms with Gasteiger partial charge in [-0.3, -0.25) is 9.69 Å². The average Bonchev–Trinajstić information content (AvgIpc) is 3.15. The van der Waals surface area contributed by atoms with Crippen molar-refractivity contribution in [3.05, 3.63) is 64.5 Å². The Morgan fingerprint density at radius 1 is 1.07 bits per heavy atom. The molecule has 3 rings (SSSR count). The standard InChI is InChI=1S/C23H26N2O2S/c1-16-8-11-19(12-9-16)20-15-28-23(24-20)25(22(26)6-5-13-27-4)21-14-17(2)7-10-18(21)3/h7-12,14-15H,5-6,13H2,1-4H3. The number of benzene rings is 2. The van der Waals surface area contributed by atoms with Gasteiger partial charge in [0.1, 0.15) is 0 Å². The third kappa shape index (κ3) is 4.66. The molecule has 1 heterocycles. The van der Waals surface area contributed by atoms with E-state index in [1.54, 1.807) is 12.0 Å². The molecule has 0 N–H and O–H groups in total. The van der Waals surface area contributed by atoms with E-state index in [2.05, 4.69) is 49.4 Å². The van der Waals surface area contributed by atoms with E-state index in [0.717, 1.165) is 28.1 Å². The van der Waals surface area contributed by atoms with Crippen molar-refractivity contribution >= 4 is 28.1 Å². The fourth-order valence-electron chi connectivity index (χ4n) is 3.01. The summed E-state index contributed by atoms with van der Waals surface area (Å²) in [5.41, 5.74) is 6.22. The summed E-state index contributed by atoms with van der Waals surface area (Å²) < 4.78 is 5.11. The topological polar surface area (TPSA) is 42.4 Å². The molecule has 0 aliphatic rings. The molecule has 0 atom stereocenters. The van der Waals surface area contributed by atoms with Crippen molar-refractivity contribution < 1.29 is 9.53 Å². The normalized spacial score (nSPS) is 10.9. The number of aryl methyl sites for hydroxylation is 3. The van der Waals surface area contributed by atoms with Crippen molar-refractivity contribution in [2.75, 3.05) is 18.6 Å². The number of carbonyl (C=O) groups is 1. The Hall–Kier alpha value is -2.50. The first-order chi connectivity index (χ1) is 13.5. The molecular weight excluding hydrogens is 368 g/mol. The van der Waals surface area contributed by atoms with E-state index in [9.17, 15) is 4.79 Å². The fourth-order valence-corrected chi connectivity index (χ4v) is 3.87. The Kier molecular flexibility index (Phi) is 6.60. The monoisotopic (exact) mass is 394 g/mol. The minimum Gasteiger partial charge on any atom is -0.385 e. The number of aromatic nitrogens is 1. The van der Waals surface area contributed by atoms with Gasteiger partial charge < -0.3 is 4.74 Å². The van der Waals surface area contributed by atoms with E-state index in [-0.39, 0.29) is 5.91 Å². The fraction of sp³-hybridized carbons (Fsp3) is 0.304. The average molecular weight is 395 g/mol. The molecule has 0 fully saturated rings. The number of amides is 1. The van der Waals surface area contributed by atoms with Crippen LogP contribution < -0.4 is 4.90 Å². The van der Waals surface area contributed by atoms with Crippen LogP contribution in [-0.4, -0.2) is 24.6 Å². The lowest BCUT2D eigenvalue weighted by atomic mass is 10.1. The molecule has 0 aliphatic heterocycles. The summed E-state index contributed by atoms with van der Waals surface area (Å²) in [6.45, 7) is 6.70. The van der Waals surface area contributed by atoms with E-state index in [1.165, 1.54) is 16.9 Å². The number of hydrogen-bond acceptors (Lipinski definition) is 4. The molecule has 1 amide bonds. The quantitative estimate of drug-likeness (QED) is 0.474. The highest BCUT2D eigenvalue weighted by atomic mass is 32.1. The van der Waals surface area contributed by atoms with Crippen LogP contribution >= 0.6 is 11.3 Å². The molecule has 1 aromatic heterocycles. The van der Waals surface area contributed by atoms with Crippen LogP contribution in [0.2, 0.25) is 0 Å². The molecule has 0 radical (unpaired) electrons. The van der Waals surface area contributed by atoms with Gasteiger partial charge in [-0.1, -0.05) is 42.0 Å². The maximum absolute atomic E-state index is 13.1. The molecule has 2 aromatic carbocycles. The van der Waals surface area contributed by atoms with Gasteiger partial charge in [0.25, 0.3) is 0 Å². The van der Waals surface area contributed by atoms with Crippen LogP contribution in [0.15, 0.2) is 47.8 Å². The molecule has 0 bridgehead atoms. The molecule has 0 spiro atoms. The maximum Gasteiger partial charge on any atom is 0.233 e. The van der Waals surface area contributed by atoms with Crippen LogP contribution in [-0.2, 0) is 9.53 Å². The van der Waals surface area contributed by atoms with E-state index in [0.29, 0.717) is 24.6 Å². The lowest BCUT2D eigenvalue weighted by Crippen LogP contribution is -2.26. The number of carbonyl (C=O) groups excluding carboxylic acids is 1. The number of methoxy groups -OCH3 is 1. The molecule has 0 aliphatic carbocycles. The third-order valence-corrected chi connectivity index (χ3v) is 5.45. The van der Waals surface area contributed by atoms with E-state index in [1.807, 2.05) is 19.2 Å². The first-order valence-corrected chi connectivity index (χ1v) is 10.3. The zero-order valence-corrected chi connectivity index (χ0v) is 17.7. The van der Waals surface area contributed by atoms with Gasteiger partial charge in [0.2, 0.25) is 5.91 Å². The molecule has 0 saturated carbocycles. The van der Waals surface area contributed by atoms with Gasteiger partial charge in [-0.05, 0) is 44.4 Å². The number of rotatable bonds is 7. The number of ether oxygens (including phenoxy) is 1. The predicted molar refractivity (Wildman–Crippen MR) is 116 cm³/mol. The van der Waals surface area contributed by atoms with Gasteiger partial charge in [-0.15, -0.1) is 11.3 Å². The Balaban J connectivity index is 1.98. The number of hydrogen-bond donors (Lipinski definition) is 0. The highest BCUT2D eigenvalue weighted by Gasteiger charge is 2.23. The molecule has 5 heteroatoms. The van der Waals surface area contributed by atoms with Crippen LogP contribution in [0.3, 0.4) is 0 Å². The summed E-state index contributed by atoms with van der Waals surface area (Å²) in [6.07, 6.45) is 1.10. The largest absolute Gasteiger partial charge is 0.385 e. The first kappa shape index (κ1) is 20.2. The summed E-state index contributed by atoms with van der Waals surface area (Å²) >= 11 is 1.50. The van der Waals surface area contributed by atoms with Crippen LogP contribution in [0.25, 0.3) is 11.3 Å². The molecule has 146 valence electrons. The van der Waals surface area contributed by atoms with Crippen molar-refractivity contribution in [1.29, 1.82) is 0 Å². The second-order valence-electron chi connectivity index (χ2n) is 7.00. The highest BCUT2D eigenvalue weighted by Crippen LogP contribution is 2.35. The molecular formula is C23H26N2O2S. The lowest BCUT2D eigenvalue weighted by Gasteiger charge is -2.22. The lowest BCUT2D eigenvalue weighted by molar-refractivity contribution is -0.118. The van der Waals surface area contributed by atoms with Gasteiger partial charge in [-0.25, -0.2) is 4.98 Å². The Bertz CT molecular complexity index is 947. The molecule has 0 unspecified atom stereocenters. The van der Waals surface area contributed by atoms with Gasteiger partial charge in [0.15, 0.2) is 5.13 Å². The third-order valence-electron chi connectivity index (χ3n) is 4.62. The van der Waals surface area contributed by atoms with Crippen LogP contribution in [0.1, 0.15) is 29.5 Å². The zero-order chi connectivity index (χ0) is 20.1. The Morgan fingerprint density at radius 2 is 1.79 bits per heavy atom. The summed E-state index contributed by atoms with van der Waals surface area (Å²) in [7, 11) is 1.65. The van der Waals surface area contributed by atoms with Crippen molar-refractivity contribution in [2.24, 2.45) is 0 Å². The van der Waals surface area contributed by atoms with Crippen LogP contribution in [0.4, 0.5) is 10.8 Å². The predicted octanol–water partition coefficient (Wildman–Crippen LogP) is 5.83. The second-order valence-corrected chi connectivity index (χ2v) is 7.83. The summed E-state index contributed by atoms with van der Waals surface area (Å²) in [5, 5.41) is 2.72. The number of thiazole rings is 1. The van der Waals surface area contributed by atoms with Crippen molar-refractivity contribution in [3.8, 4) is 11.3 Å². The zero-order valence-electron chi connectivity index (χ0n) is 16.9.